The molecule has 0 amide bonds. The van der Waals surface area contributed by atoms with Gasteiger partial charge in [-0.15, -0.1) is 24.0 Å². The van der Waals surface area contributed by atoms with Crippen molar-refractivity contribution >= 4 is 29.9 Å². The van der Waals surface area contributed by atoms with Crippen molar-refractivity contribution in [2.45, 2.75) is 38.6 Å². The van der Waals surface area contributed by atoms with Gasteiger partial charge >= 0.3 is 0 Å². The first-order chi connectivity index (χ1) is 13.8. The molecule has 7 nitrogen and oxygen atoms in total. The Labute approximate surface area is 189 Å². The molecule has 0 saturated carbocycles. The molecular weight excluding hydrogens is 481 g/mol. The van der Waals surface area contributed by atoms with Crippen LogP contribution in [-0.4, -0.2) is 66.4 Å². The summed E-state index contributed by atoms with van der Waals surface area (Å²) in [5.74, 6) is 1.71. The highest BCUT2D eigenvalue weighted by atomic mass is 127. The van der Waals surface area contributed by atoms with Crippen LogP contribution < -0.4 is 5.32 Å². The third-order valence-corrected chi connectivity index (χ3v) is 5.55. The molecule has 3 heterocycles. The first-order valence-corrected chi connectivity index (χ1v) is 10.1. The lowest BCUT2D eigenvalue weighted by Crippen LogP contribution is -2.50. The van der Waals surface area contributed by atoms with Crippen LogP contribution in [0, 0.1) is 0 Å². The van der Waals surface area contributed by atoms with Crippen LogP contribution in [0.2, 0.25) is 0 Å². The van der Waals surface area contributed by atoms with Crippen molar-refractivity contribution in [2.75, 3.05) is 33.3 Å². The standard InChI is InChI=1S/C21H29N5O2.HI/c1-3-17-11-18(28-24-17)12-23-21(22-2)26-14-19-20(15-26)27-10-9-25(19)13-16-7-5-4-6-8-16;/h4-8,11,19-20H,3,9-10,12-15H2,1-2H3,(H,22,23);1H. The number of nitrogens with zero attached hydrogens (tertiary/aromatic N) is 4. The maximum absolute atomic E-state index is 6.08. The highest BCUT2D eigenvalue weighted by Crippen LogP contribution is 2.24. The van der Waals surface area contributed by atoms with Crippen LogP contribution in [-0.2, 0) is 24.2 Å². The van der Waals surface area contributed by atoms with E-state index in [1.165, 1.54) is 5.56 Å². The Kier molecular flexibility index (Phi) is 7.91. The van der Waals surface area contributed by atoms with E-state index < -0.39 is 0 Å². The first kappa shape index (κ1) is 22.0. The smallest absolute Gasteiger partial charge is 0.194 e. The molecular formula is C21H30IN5O2. The summed E-state index contributed by atoms with van der Waals surface area (Å²) in [6.45, 7) is 7.13. The summed E-state index contributed by atoms with van der Waals surface area (Å²) in [5, 5.41) is 7.46. The summed E-state index contributed by atoms with van der Waals surface area (Å²) in [6, 6.07) is 13.0. The SMILES string of the molecule is CCc1cc(CNC(=NC)N2CC3OCCN(Cc4ccccc4)C3C2)on1.I. The number of halogens is 1. The van der Waals surface area contributed by atoms with Gasteiger partial charge in [0.15, 0.2) is 11.7 Å². The van der Waals surface area contributed by atoms with Crippen LogP contribution in [0.3, 0.4) is 0 Å². The minimum absolute atomic E-state index is 0. The van der Waals surface area contributed by atoms with Crippen molar-refractivity contribution in [1.29, 1.82) is 0 Å². The van der Waals surface area contributed by atoms with Crippen LogP contribution in [0.15, 0.2) is 45.9 Å². The number of rotatable bonds is 5. The highest BCUT2D eigenvalue weighted by Gasteiger charge is 2.41. The first-order valence-electron chi connectivity index (χ1n) is 10.1. The summed E-state index contributed by atoms with van der Waals surface area (Å²) in [7, 11) is 1.82. The zero-order valence-corrected chi connectivity index (χ0v) is 19.4. The Hall–Kier alpha value is -1.65. The average molecular weight is 511 g/mol. The molecule has 0 spiro atoms. The molecule has 4 rings (SSSR count). The van der Waals surface area contributed by atoms with E-state index in [9.17, 15) is 0 Å². The molecule has 2 aliphatic rings. The number of likely N-dealkylation sites (tertiary alicyclic amines) is 1. The van der Waals surface area contributed by atoms with Gasteiger partial charge in [-0.25, -0.2) is 0 Å². The molecule has 2 aromatic rings. The van der Waals surface area contributed by atoms with E-state index in [-0.39, 0.29) is 30.1 Å². The number of hydrogen-bond donors (Lipinski definition) is 1. The minimum atomic E-state index is 0. The highest BCUT2D eigenvalue weighted by molar-refractivity contribution is 14.0. The van der Waals surface area contributed by atoms with Gasteiger partial charge < -0.3 is 19.5 Å². The van der Waals surface area contributed by atoms with Crippen LogP contribution >= 0.6 is 24.0 Å². The predicted octanol–water partition coefficient (Wildman–Crippen LogP) is 2.52. The number of aromatic nitrogens is 1. The predicted molar refractivity (Wildman–Crippen MR) is 123 cm³/mol. The van der Waals surface area contributed by atoms with Crippen LogP contribution in [0.5, 0.6) is 0 Å². The monoisotopic (exact) mass is 511 g/mol. The van der Waals surface area contributed by atoms with Crippen molar-refractivity contribution in [2.24, 2.45) is 4.99 Å². The van der Waals surface area contributed by atoms with Gasteiger partial charge in [0, 0.05) is 39.3 Å². The maximum atomic E-state index is 6.08. The number of guanidine groups is 1. The molecule has 0 aliphatic carbocycles. The number of ether oxygens (including phenoxy) is 1. The molecule has 29 heavy (non-hydrogen) atoms. The lowest BCUT2D eigenvalue weighted by molar-refractivity contribution is -0.0502. The van der Waals surface area contributed by atoms with Gasteiger partial charge in [-0.05, 0) is 12.0 Å². The largest absolute Gasteiger partial charge is 0.373 e. The molecule has 2 fully saturated rings. The van der Waals surface area contributed by atoms with E-state index in [0.29, 0.717) is 12.6 Å². The van der Waals surface area contributed by atoms with Gasteiger partial charge in [0.25, 0.3) is 0 Å². The fourth-order valence-corrected chi connectivity index (χ4v) is 4.05. The van der Waals surface area contributed by atoms with Crippen molar-refractivity contribution < 1.29 is 9.26 Å². The van der Waals surface area contributed by atoms with Crippen molar-refractivity contribution in [3.63, 3.8) is 0 Å². The van der Waals surface area contributed by atoms with Crippen molar-refractivity contribution in [3.05, 3.63) is 53.4 Å². The lowest BCUT2D eigenvalue weighted by Gasteiger charge is -2.36. The Morgan fingerprint density at radius 2 is 2.10 bits per heavy atom. The van der Waals surface area contributed by atoms with Crippen molar-refractivity contribution in [3.8, 4) is 0 Å². The fourth-order valence-electron chi connectivity index (χ4n) is 4.05. The average Bonchev–Trinajstić information content (AvgIpc) is 3.37. The van der Waals surface area contributed by atoms with Crippen LogP contribution in [0.1, 0.15) is 23.9 Å². The van der Waals surface area contributed by atoms with E-state index >= 15 is 0 Å². The van der Waals surface area contributed by atoms with E-state index in [4.69, 9.17) is 9.26 Å². The minimum Gasteiger partial charge on any atom is -0.373 e. The van der Waals surface area contributed by atoms with Crippen LogP contribution in [0.4, 0.5) is 0 Å². The molecule has 2 unspecified atom stereocenters. The Morgan fingerprint density at radius 1 is 1.28 bits per heavy atom. The topological polar surface area (TPSA) is 66.1 Å². The second kappa shape index (κ2) is 10.4. The summed E-state index contributed by atoms with van der Waals surface area (Å²) in [5.41, 5.74) is 2.32. The van der Waals surface area contributed by atoms with Gasteiger partial charge in [0.2, 0.25) is 0 Å². The number of benzene rings is 1. The Balaban J connectivity index is 0.00000240. The molecule has 8 heteroatoms. The van der Waals surface area contributed by atoms with Crippen molar-refractivity contribution in [1.82, 2.24) is 20.3 Å². The third kappa shape index (κ3) is 5.29. The van der Waals surface area contributed by atoms with E-state index in [2.05, 4.69) is 62.5 Å². The van der Waals surface area contributed by atoms with Crippen LogP contribution in [0.25, 0.3) is 0 Å². The number of hydrogen-bond acceptors (Lipinski definition) is 5. The zero-order valence-electron chi connectivity index (χ0n) is 17.1. The molecule has 1 aromatic heterocycles. The second-order valence-electron chi connectivity index (χ2n) is 7.38. The van der Waals surface area contributed by atoms with Gasteiger partial charge in [0.05, 0.1) is 31.0 Å². The molecule has 1 N–H and O–H groups in total. The third-order valence-electron chi connectivity index (χ3n) is 5.55. The lowest BCUT2D eigenvalue weighted by atomic mass is 10.1. The fraction of sp³-hybridized carbons (Fsp3) is 0.524. The molecule has 2 atom stereocenters. The number of nitrogens with one attached hydrogen (secondary N) is 1. The van der Waals surface area contributed by atoms with Gasteiger partial charge in [-0.2, -0.15) is 0 Å². The summed E-state index contributed by atoms with van der Waals surface area (Å²) >= 11 is 0. The van der Waals surface area contributed by atoms with E-state index in [1.54, 1.807) is 0 Å². The summed E-state index contributed by atoms with van der Waals surface area (Å²) < 4.78 is 11.5. The van der Waals surface area contributed by atoms with E-state index in [0.717, 1.165) is 56.6 Å². The number of fused-ring (bicyclic) bond motifs is 1. The maximum Gasteiger partial charge on any atom is 0.194 e. The molecule has 2 aliphatic heterocycles. The molecule has 0 bridgehead atoms. The second-order valence-corrected chi connectivity index (χ2v) is 7.38. The number of morpholine rings is 1. The number of aryl methyl sites for hydroxylation is 1. The Morgan fingerprint density at radius 3 is 2.83 bits per heavy atom. The zero-order chi connectivity index (χ0) is 19.3. The number of aliphatic imine (C=N–C) groups is 1. The summed E-state index contributed by atoms with van der Waals surface area (Å²) in [4.78, 5) is 9.30. The Bertz CT molecular complexity index is 797. The quantitative estimate of drug-likeness (QED) is 0.378. The normalized spacial score (nSPS) is 22.3. The van der Waals surface area contributed by atoms with Gasteiger partial charge in [0.1, 0.15) is 0 Å². The molecule has 1 aromatic carbocycles. The van der Waals surface area contributed by atoms with E-state index in [1.807, 2.05) is 13.1 Å². The molecule has 0 radical (unpaired) electrons. The van der Waals surface area contributed by atoms with Gasteiger partial charge in [-0.1, -0.05) is 42.4 Å². The molecule has 158 valence electrons. The van der Waals surface area contributed by atoms with Gasteiger partial charge in [-0.3, -0.25) is 9.89 Å². The summed E-state index contributed by atoms with van der Waals surface area (Å²) in [6.07, 6.45) is 1.09. The molecule has 2 saturated heterocycles.